The number of nitrogens with one attached hydrogen (secondary N) is 1. The molecule has 0 saturated heterocycles. The van der Waals surface area contributed by atoms with Crippen molar-refractivity contribution >= 4 is 11.4 Å². The molecule has 0 aliphatic heterocycles. The van der Waals surface area contributed by atoms with Crippen molar-refractivity contribution in [1.29, 1.82) is 0 Å². The molecule has 0 aliphatic carbocycles. The zero-order valence-electron chi connectivity index (χ0n) is 15.0. The lowest BCUT2D eigenvalue weighted by molar-refractivity contribution is 0.477. The number of phenolic OH excluding ortho intramolecular Hbond substituents is 1. The van der Waals surface area contributed by atoms with Crippen LogP contribution in [0.4, 0.5) is 11.4 Å². The van der Waals surface area contributed by atoms with Gasteiger partial charge in [-0.3, -0.25) is 0 Å². The van der Waals surface area contributed by atoms with Crippen molar-refractivity contribution in [2.24, 2.45) is 0 Å². The molecule has 0 radical (unpaired) electrons. The van der Waals surface area contributed by atoms with Gasteiger partial charge in [-0.25, -0.2) is 0 Å². The number of anilines is 2. The van der Waals surface area contributed by atoms with E-state index >= 15 is 0 Å². The molecule has 4 aromatic rings. The number of hydrogen-bond donors (Lipinski definition) is 2. The number of phenols is 1. The Kier molecular flexibility index (Phi) is 4.88. The summed E-state index contributed by atoms with van der Waals surface area (Å²) in [4.78, 5) is 0. The SMILES string of the molecule is Oc1ccc(Cc2ccccc2)c(Nc2ccccc2)c1-c1ccccc1. The van der Waals surface area contributed by atoms with E-state index in [2.05, 4.69) is 29.6 Å². The van der Waals surface area contributed by atoms with E-state index in [1.807, 2.05) is 72.8 Å². The quantitative estimate of drug-likeness (QED) is 0.436. The molecule has 0 unspecified atom stereocenters. The van der Waals surface area contributed by atoms with Crippen LogP contribution in [0.1, 0.15) is 11.1 Å². The molecule has 0 saturated carbocycles. The first-order chi connectivity index (χ1) is 13.3. The van der Waals surface area contributed by atoms with Gasteiger partial charge in [0.2, 0.25) is 0 Å². The van der Waals surface area contributed by atoms with Crippen LogP contribution in [0.25, 0.3) is 11.1 Å². The first-order valence-corrected chi connectivity index (χ1v) is 9.07. The molecule has 4 rings (SSSR count). The predicted octanol–water partition coefficient (Wildman–Crippen LogP) is 6.39. The minimum atomic E-state index is 0.274. The van der Waals surface area contributed by atoms with Crippen molar-refractivity contribution in [3.8, 4) is 16.9 Å². The standard InChI is InChI=1S/C25H21NO/c27-23-17-16-21(18-19-10-4-1-5-11-19)25(26-22-14-8-3-9-15-22)24(23)20-12-6-2-7-13-20/h1-17,26-27H,18H2. The van der Waals surface area contributed by atoms with E-state index in [1.54, 1.807) is 6.07 Å². The monoisotopic (exact) mass is 351 g/mol. The summed E-state index contributed by atoms with van der Waals surface area (Å²) < 4.78 is 0. The molecule has 0 atom stereocenters. The van der Waals surface area contributed by atoms with Gasteiger partial charge in [-0.05, 0) is 41.3 Å². The van der Waals surface area contributed by atoms with Crippen LogP contribution < -0.4 is 5.32 Å². The number of hydrogen-bond acceptors (Lipinski definition) is 2. The molecule has 2 N–H and O–H groups in total. The van der Waals surface area contributed by atoms with Gasteiger partial charge in [-0.2, -0.15) is 0 Å². The van der Waals surface area contributed by atoms with Gasteiger partial charge < -0.3 is 10.4 Å². The highest BCUT2D eigenvalue weighted by Gasteiger charge is 2.15. The second-order valence-corrected chi connectivity index (χ2v) is 6.51. The summed E-state index contributed by atoms with van der Waals surface area (Å²) in [6.07, 6.45) is 0.788. The lowest BCUT2D eigenvalue weighted by atomic mass is 9.95. The van der Waals surface area contributed by atoms with Gasteiger partial charge >= 0.3 is 0 Å². The smallest absolute Gasteiger partial charge is 0.125 e. The van der Waals surface area contributed by atoms with E-state index in [1.165, 1.54) is 5.56 Å². The summed E-state index contributed by atoms with van der Waals surface area (Å²) in [6, 6.07) is 34.3. The van der Waals surface area contributed by atoms with Gasteiger partial charge in [-0.1, -0.05) is 84.9 Å². The number of para-hydroxylation sites is 1. The Hall–Kier alpha value is -3.52. The maximum Gasteiger partial charge on any atom is 0.125 e. The van der Waals surface area contributed by atoms with E-state index in [0.717, 1.165) is 34.5 Å². The van der Waals surface area contributed by atoms with Crippen LogP contribution in [0.5, 0.6) is 5.75 Å². The highest BCUT2D eigenvalue weighted by atomic mass is 16.3. The molecular weight excluding hydrogens is 330 g/mol. The van der Waals surface area contributed by atoms with Gasteiger partial charge in [0.15, 0.2) is 0 Å². The third kappa shape index (κ3) is 3.85. The number of rotatable bonds is 5. The van der Waals surface area contributed by atoms with Gasteiger partial charge in [0, 0.05) is 11.3 Å². The molecule has 4 aromatic carbocycles. The van der Waals surface area contributed by atoms with Crippen LogP contribution in [0.3, 0.4) is 0 Å². The van der Waals surface area contributed by atoms with Crippen molar-refractivity contribution in [2.75, 3.05) is 5.32 Å². The Balaban J connectivity index is 1.85. The van der Waals surface area contributed by atoms with Crippen LogP contribution in [0.15, 0.2) is 103 Å². The van der Waals surface area contributed by atoms with E-state index in [4.69, 9.17) is 0 Å². The second kappa shape index (κ2) is 7.79. The average molecular weight is 351 g/mol. The Morgan fingerprint density at radius 1 is 0.630 bits per heavy atom. The molecule has 0 amide bonds. The first kappa shape index (κ1) is 16.9. The molecule has 0 aliphatic rings. The van der Waals surface area contributed by atoms with Gasteiger partial charge in [0.1, 0.15) is 5.75 Å². The summed E-state index contributed by atoms with van der Waals surface area (Å²) in [5.74, 6) is 0.274. The van der Waals surface area contributed by atoms with Crippen molar-refractivity contribution in [1.82, 2.24) is 0 Å². The summed E-state index contributed by atoms with van der Waals surface area (Å²) in [6.45, 7) is 0. The average Bonchev–Trinajstić information content (AvgIpc) is 2.72. The Morgan fingerprint density at radius 3 is 1.89 bits per heavy atom. The zero-order valence-corrected chi connectivity index (χ0v) is 15.0. The van der Waals surface area contributed by atoms with Crippen LogP contribution >= 0.6 is 0 Å². The summed E-state index contributed by atoms with van der Waals surface area (Å²) in [5.41, 5.74) is 6.13. The molecule has 27 heavy (non-hydrogen) atoms. The first-order valence-electron chi connectivity index (χ1n) is 9.07. The van der Waals surface area contributed by atoms with Crippen LogP contribution in [-0.4, -0.2) is 5.11 Å². The maximum atomic E-state index is 10.7. The number of aromatic hydroxyl groups is 1. The summed E-state index contributed by atoms with van der Waals surface area (Å²) in [5, 5.41) is 14.2. The molecule has 0 aromatic heterocycles. The van der Waals surface area contributed by atoms with Crippen molar-refractivity contribution in [3.05, 3.63) is 114 Å². The molecule has 2 heteroatoms. The van der Waals surface area contributed by atoms with Crippen LogP contribution in [-0.2, 0) is 6.42 Å². The molecule has 2 nitrogen and oxygen atoms in total. The highest BCUT2D eigenvalue weighted by Crippen LogP contribution is 2.40. The fourth-order valence-corrected chi connectivity index (χ4v) is 3.30. The molecule has 0 heterocycles. The van der Waals surface area contributed by atoms with Gasteiger partial charge in [0.25, 0.3) is 0 Å². The zero-order chi connectivity index (χ0) is 18.5. The summed E-state index contributed by atoms with van der Waals surface area (Å²) in [7, 11) is 0. The Morgan fingerprint density at radius 2 is 1.22 bits per heavy atom. The van der Waals surface area contributed by atoms with Crippen LogP contribution in [0.2, 0.25) is 0 Å². The van der Waals surface area contributed by atoms with E-state index < -0.39 is 0 Å². The normalized spacial score (nSPS) is 10.5. The lowest BCUT2D eigenvalue weighted by Gasteiger charge is -2.19. The fraction of sp³-hybridized carbons (Fsp3) is 0.0400. The third-order valence-corrected chi connectivity index (χ3v) is 4.61. The second-order valence-electron chi connectivity index (χ2n) is 6.51. The molecular formula is C25H21NO. The van der Waals surface area contributed by atoms with Crippen molar-refractivity contribution in [3.63, 3.8) is 0 Å². The van der Waals surface area contributed by atoms with Crippen molar-refractivity contribution < 1.29 is 5.11 Å². The Labute approximate surface area is 159 Å². The van der Waals surface area contributed by atoms with Crippen molar-refractivity contribution in [2.45, 2.75) is 6.42 Å². The Bertz CT molecular complexity index is 1010. The fourth-order valence-electron chi connectivity index (χ4n) is 3.30. The molecule has 0 bridgehead atoms. The van der Waals surface area contributed by atoms with Gasteiger partial charge in [-0.15, -0.1) is 0 Å². The van der Waals surface area contributed by atoms with Gasteiger partial charge in [0.05, 0.1) is 5.69 Å². The third-order valence-electron chi connectivity index (χ3n) is 4.61. The van der Waals surface area contributed by atoms with Crippen LogP contribution in [0, 0.1) is 0 Å². The minimum absolute atomic E-state index is 0.274. The molecule has 0 fully saturated rings. The highest BCUT2D eigenvalue weighted by molar-refractivity contribution is 5.87. The molecule has 132 valence electrons. The van der Waals surface area contributed by atoms with E-state index in [-0.39, 0.29) is 5.75 Å². The number of benzene rings is 4. The maximum absolute atomic E-state index is 10.7. The van der Waals surface area contributed by atoms with E-state index in [9.17, 15) is 5.11 Å². The molecule has 0 spiro atoms. The lowest BCUT2D eigenvalue weighted by Crippen LogP contribution is -2.00. The summed E-state index contributed by atoms with van der Waals surface area (Å²) >= 11 is 0. The topological polar surface area (TPSA) is 32.3 Å². The largest absolute Gasteiger partial charge is 0.507 e. The predicted molar refractivity (Wildman–Crippen MR) is 113 cm³/mol. The minimum Gasteiger partial charge on any atom is -0.507 e. The van der Waals surface area contributed by atoms with E-state index in [0.29, 0.717) is 0 Å².